The summed E-state index contributed by atoms with van der Waals surface area (Å²) in [5.74, 6) is 0. The first-order chi connectivity index (χ1) is 8.20. The summed E-state index contributed by atoms with van der Waals surface area (Å²) in [5, 5.41) is 3.73. The summed E-state index contributed by atoms with van der Waals surface area (Å²) in [6, 6.07) is 0. The van der Waals surface area contributed by atoms with Crippen molar-refractivity contribution in [3.63, 3.8) is 0 Å². The molecule has 3 aliphatic rings. The van der Waals surface area contributed by atoms with Crippen molar-refractivity contribution >= 4 is 0 Å². The molecule has 1 heterocycles. The molecule has 2 aliphatic carbocycles. The van der Waals surface area contributed by atoms with Crippen LogP contribution in [0.1, 0.15) is 71.1 Å². The van der Waals surface area contributed by atoms with Gasteiger partial charge >= 0.3 is 0 Å². The lowest BCUT2D eigenvalue weighted by Crippen LogP contribution is -2.50. The Bertz CT molecular complexity index is 266. The molecule has 2 nitrogen and oxygen atoms in total. The van der Waals surface area contributed by atoms with E-state index in [-0.39, 0.29) is 0 Å². The van der Waals surface area contributed by atoms with Crippen LogP contribution in [-0.2, 0) is 4.74 Å². The molecule has 0 aromatic carbocycles. The Morgan fingerprint density at radius 1 is 1.00 bits per heavy atom. The highest BCUT2D eigenvalue weighted by Gasteiger charge is 2.41. The maximum absolute atomic E-state index is 6.39. The third-order valence-electron chi connectivity index (χ3n) is 5.32. The van der Waals surface area contributed by atoms with E-state index in [1.165, 1.54) is 64.2 Å². The summed E-state index contributed by atoms with van der Waals surface area (Å²) in [7, 11) is 0. The third-order valence-corrected chi connectivity index (χ3v) is 5.32. The quantitative estimate of drug-likeness (QED) is 0.812. The van der Waals surface area contributed by atoms with E-state index in [4.69, 9.17) is 4.74 Å². The Hall–Kier alpha value is -0.0800. The number of hydrogen-bond donors (Lipinski definition) is 1. The van der Waals surface area contributed by atoms with E-state index in [0.717, 1.165) is 6.54 Å². The van der Waals surface area contributed by atoms with Gasteiger partial charge in [0.05, 0.1) is 11.7 Å². The molecule has 1 aliphatic heterocycles. The van der Waals surface area contributed by atoms with Crippen molar-refractivity contribution < 1.29 is 4.74 Å². The van der Waals surface area contributed by atoms with Gasteiger partial charge in [0.25, 0.3) is 0 Å². The second-order valence-electron chi connectivity index (χ2n) is 6.82. The molecule has 0 aromatic rings. The van der Waals surface area contributed by atoms with Gasteiger partial charge in [0, 0.05) is 12.1 Å². The molecule has 3 fully saturated rings. The SMILES string of the molecule is CC1(NCC2CCC3(CCCCC3)O2)CCC1. The summed E-state index contributed by atoms with van der Waals surface area (Å²) >= 11 is 0. The molecule has 0 bridgehead atoms. The van der Waals surface area contributed by atoms with Gasteiger partial charge in [0.1, 0.15) is 0 Å². The maximum Gasteiger partial charge on any atom is 0.0708 e. The Morgan fingerprint density at radius 3 is 2.41 bits per heavy atom. The molecular formula is C15H27NO. The van der Waals surface area contributed by atoms with E-state index in [9.17, 15) is 0 Å². The molecule has 1 saturated heterocycles. The molecule has 2 saturated carbocycles. The fraction of sp³-hybridized carbons (Fsp3) is 1.00. The van der Waals surface area contributed by atoms with Crippen molar-refractivity contribution in [1.82, 2.24) is 5.32 Å². The zero-order valence-electron chi connectivity index (χ0n) is 11.3. The highest BCUT2D eigenvalue weighted by molar-refractivity contribution is 4.95. The molecule has 3 rings (SSSR count). The number of hydrogen-bond acceptors (Lipinski definition) is 2. The monoisotopic (exact) mass is 237 g/mol. The average Bonchev–Trinajstić information content (AvgIpc) is 2.68. The van der Waals surface area contributed by atoms with Crippen LogP contribution in [0.2, 0.25) is 0 Å². The van der Waals surface area contributed by atoms with Gasteiger partial charge in [-0.1, -0.05) is 19.3 Å². The first-order valence-corrected chi connectivity index (χ1v) is 7.63. The van der Waals surface area contributed by atoms with Gasteiger partial charge in [-0.2, -0.15) is 0 Å². The van der Waals surface area contributed by atoms with Crippen LogP contribution in [0.4, 0.5) is 0 Å². The van der Waals surface area contributed by atoms with Crippen molar-refractivity contribution in [2.24, 2.45) is 0 Å². The summed E-state index contributed by atoms with van der Waals surface area (Å²) in [5.41, 5.74) is 0.733. The number of nitrogens with one attached hydrogen (secondary N) is 1. The molecule has 17 heavy (non-hydrogen) atoms. The normalized spacial score (nSPS) is 34.8. The van der Waals surface area contributed by atoms with E-state index < -0.39 is 0 Å². The van der Waals surface area contributed by atoms with Gasteiger partial charge < -0.3 is 10.1 Å². The van der Waals surface area contributed by atoms with Gasteiger partial charge in [0.15, 0.2) is 0 Å². The van der Waals surface area contributed by atoms with Crippen LogP contribution in [-0.4, -0.2) is 23.8 Å². The Labute approximate surface area is 105 Å². The van der Waals surface area contributed by atoms with Crippen LogP contribution in [0.3, 0.4) is 0 Å². The zero-order valence-corrected chi connectivity index (χ0v) is 11.3. The summed E-state index contributed by atoms with van der Waals surface area (Å²) in [6.07, 6.45) is 14.0. The van der Waals surface area contributed by atoms with Crippen molar-refractivity contribution in [1.29, 1.82) is 0 Å². The topological polar surface area (TPSA) is 21.3 Å². The van der Waals surface area contributed by atoms with Crippen LogP contribution >= 0.6 is 0 Å². The first-order valence-electron chi connectivity index (χ1n) is 7.63. The lowest BCUT2D eigenvalue weighted by atomic mass is 9.78. The lowest BCUT2D eigenvalue weighted by molar-refractivity contribution is -0.0650. The van der Waals surface area contributed by atoms with E-state index >= 15 is 0 Å². The van der Waals surface area contributed by atoms with Gasteiger partial charge in [-0.25, -0.2) is 0 Å². The highest BCUT2D eigenvalue weighted by Crippen LogP contribution is 2.42. The first kappa shape index (κ1) is 12.0. The van der Waals surface area contributed by atoms with E-state index in [1.807, 2.05) is 0 Å². The van der Waals surface area contributed by atoms with Crippen LogP contribution in [0.5, 0.6) is 0 Å². The molecule has 1 spiro atoms. The van der Waals surface area contributed by atoms with E-state index in [0.29, 0.717) is 17.2 Å². The molecule has 98 valence electrons. The fourth-order valence-corrected chi connectivity index (χ4v) is 3.85. The summed E-state index contributed by atoms with van der Waals surface area (Å²) in [4.78, 5) is 0. The molecule has 0 amide bonds. The van der Waals surface area contributed by atoms with Crippen molar-refractivity contribution in [3.05, 3.63) is 0 Å². The largest absolute Gasteiger partial charge is 0.370 e. The van der Waals surface area contributed by atoms with Gasteiger partial charge in [-0.3, -0.25) is 0 Å². The predicted molar refractivity (Wildman–Crippen MR) is 70.2 cm³/mol. The van der Waals surface area contributed by atoms with Crippen LogP contribution < -0.4 is 5.32 Å². The third kappa shape index (κ3) is 2.53. The second kappa shape index (κ2) is 4.55. The van der Waals surface area contributed by atoms with Gasteiger partial charge in [0.2, 0.25) is 0 Å². The molecular weight excluding hydrogens is 210 g/mol. The summed E-state index contributed by atoms with van der Waals surface area (Å²) < 4.78 is 6.39. The zero-order chi connectivity index (χ0) is 11.8. The Balaban J connectivity index is 1.46. The van der Waals surface area contributed by atoms with Crippen molar-refractivity contribution in [2.75, 3.05) is 6.54 Å². The minimum absolute atomic E-state index is 0.297. The van der Waals surface area contributed by atoms with Crippen LogP contribution in [0, 0.1) is 0 Å². The molecule has 1 unspecified atom stereocenters. The molecule has 0 aromatic heterocycles. The molecule has 0 radical (unpaired) electrons. The second-order valence-corrected chi connectivity index (χ2v) is 6.82. The smallest absolute Gasteiger partial charge is 0.0708 e. The maximum atomic E-state index is 6.39. The Kier molecular flexibility index (Phi) is 3.20. The Morgan fingerprint density at radius 2 is 1.76 bits per heavy atom. The lowest BCUT2D eigenvalue weighted by Gasteiger charge is -2.40. The fourth-order valence-electron chi connectivity index (χ4n) is 3.85. The average molecular weight is 237 g/mol. The minimum atomic E-state index is 0.297. The number of rotatable bonds is 3. The van der Waals surface area contributed by atoms with Crippen molar-refractivity contribution in [3.8, 4) is 0 Å². The minimum Gasteiger partial charge on any atom is -0.370 e. The summed E-state index contributed by atoms with van der Waals surface area (Å²) in [6.45, 7) is 3.44. The van der Waals surface area contributed by atoms with E-state index in [2.05, 4.69) is 12.2 Å². The highest BCUT2D eigenvalue weighted by atomic mass is 16.5. The number of ether oxygens (including phenoxy) is 1. The molecule has 2 heteroatoms. The standard InChI is InChI=1S/C15H27NO/c1-14(7-5-8-14)16-12-13-6-11-15(17-13)9-3-2-4-10-15/h13,16H,2-12H2,1H3. The molecule has 1 atom stereocenters. The van der Waals surface area contributed by atoms with Crippen LogP contribution in [0.15, 0.2) is 0 Å². The van der Waals surface area contributed by atoms with Gasteiger partial charge in [-0.05, 0) is 51.9 Å². The van der Waals surface area contributed by atoms with Crippen LogP contribution in [0.25, 0.3) is 0 Å². The van der Waals surface area contributed by atoms with Crippen molar-refractivity contribution in [2.45, 2.75) is 88.4 Å². The van der Waals surface area contributed by atoms with Gasteiger partial charge in [-0.15, -0.1) is 0 Å². The predicted octanol–water partition coefficient (Wildman–Crippen LogP) is 3.40. The molecule has 1 N–H and O–H groups in total. The van der Waals surface area contributed by atoms with E-state index in [1.54, 1.807) is 0 Å².